The normalized spacial score (nSPS) is 43.8. The predicted molar refractivity (Wildman–Crippen MR) is 303 cm³/mol. The van der Waals surface area contributed by atoms with Crippen molar-refractivity contribution in [1.29, 1.82) is 0 Å². The Morgan fingerprint density at radius 2 is 0.444 bits per heavy atom. The lowest BCUT2D eigenvalue weighted by atomic mass is 9.94. The van der Waals surface area contributed by atoms with E-state index >= 15 is 0 Å². The van der Waals surface area contributed by atoms with Crippen LogP contribution in [0.3, 0.4) is 0 Å². The van der Waals surface area contributed by atoms with Crippen molar-refractivity contribution in [3.05, 3.63) is 37.4 Å². The zero-order chi connectivity index (χ0) is 64.2. The quantitative estimate of drug-likeness (QED) is 0.125. The number of rotatable bonds is 24. The van der Waals surface area contributed by atoms with Crippen LogP contribution in [0.5, 0.6) is 0 Å². The summed E-state index contributed by atoms with van der Waals surface area (Å²) in [6.45, 7) is 0.317. The number of ether oxygens (including phenoxy) is 28. The zero-order valence-electron chi connectivity index (χ0n) is 54.2. The summed E-state index contributed by atoms with van der Waals surface area (Å²) < 4.78 is 187. The fraction of sp³-hybridized carbons (Fsp3) is 0.897. The van der Waals surface area contributed by atoms with Crippen LogP contribution in [0.4, 0.5) is 0 Å². The molecule has 516 valence electrons. The number of imidazole rings is 2. The molecule has 22 aliphatic heterocycles. The Hall–Kier alpha value is -2.70. The lowest BCUT2D eigenvalue weighted by Crippen LogP contribution is -2.70. The van der Waals surface area contributed by atoms with Crippen LogP contribution < -0.4 is 0 Å². The average molecular weight is 1300 g/mol. The van der Waals surface area contributed by atoms with Crippen molar-refractivity contribution in [2.24, 2.45) is 0 Å². The minimum Gasteiger partial charge on any atom is -0.382 e. The van der Waals surface area contributed by atoms with Gasteiger partial charge in [-0.05, 0) is 0 Å². The van der Waals surface area contributed by atoms with Crippen LogP contribution in [0.2, 0.25) is 0 Å². The van der Waals surface area contributed by atoms with Gasteiger partial charge in [0.2, 0.25) is 0 Å². The molecule has 0 aromatic carbocycles. The summed E-state index contributed by atoms with van der Waals surface area (Å²) in [5.74, 6) is 0. The Bertz CT molecular complexity index is 2160. The van der Waals surface area contributed by atoms with Gasteiger partial charge in [-0.2, -0.15) is 0 Å². The minimum absolute atomic E-state index is 0.0133. The first-order valence-electron chi connectivity index (χ1n) is 30.0. The van der Waals surface area contributed by atoms with Crippen molar-refractivity contribution in [3.8, 4) is 0 Å². The molecular formula is C58H96N4O28. The van der Waals surface area contributed by atoms with E-state index < -0.39 is 184 Å². The molecule has 0 saturated carbocycles. The van der Waals surface area contributed by atoms with E-state index in [0.29, 0.717) is 0 Å². The van der Waals surface area contributed by atoms with Gasteiger partial charge in [0.15, 0.2) is 37.7 Å². The maximum atomic E-state index is 7.14. The molecule has 22 fully saturated rings. The second-order valence-electron chi connectivity index (χ2n) is 22.6. The van der Waals surface area contributed by atoms with E-state index in [-0.39, 0.29) is 39.5 Å². The lowest BCUT2D eigenvalue weighted by Gasteiger charge is -2.53. The van der Waals surface area contributed by atoms with Crippen LogP contribution in [0.15, 0.2) is 37.4 Å². The lowest BCUT2D eigenvalue weighted by molar-refractivity contribution is -0.409. The Kier molecular flexibility index (Phi) is 27.3. The van der Waals surface area contributed by atoms with Crippen LogP contribution in [0, 0.1) is 0 Å². The number of nitrogens with zero attached hydrogens (tertiary/aromatic N) is 4. The molecule has 2 aromatic rings. The highest BCUT2D eigenvalue weighted by molar-refractivity contribution is 5.04. The zero-order valence-corrected chi connectivity index (χ0v) is 54.2. The van der Waals surface area contributed by atoms with Crippen LogP contribution in [0.25, 0.3) is 0 Å². The predicted octanol–water partition coefficient (Wildman–Crippen LogP) is -0.780. The van der Waals surface area contributed by atoms with E-state index in [4.69, 9.17) is 133 Å². The van der Waals surface area contributed by atoms with Crippen molar-refractivity contribution in [2.45, 2.75) is 197 Å². The fourth-order valence-electron chi connectivity index (χ4n) is 13.6. The standard InChI is InChI=1S/C58H96N4O28/c1-63-23-31-37-43(69-7)51(77-15)57(83-31)89-39-33(25-65-3)81-55(49(75-13)45(39)71-9)86-36-30(22-62-20-18-60-28-62)80-54(48(74-12)42(36)68-6)88-38-32(24-64-2)84-58(52(78-16)44(38)70-8)90-40-34(26-66-4)82-56(50(76-14)46(40)72-10)85-35-29(21-61-19-17-59-27-61)79-53(87-37)47(73-11)41(35)67-5/h17-20,27-58H,21-26H2,1-16H3/t29-,30-,31-,32-,33-,34-,35-,36-,37-,38-,39-,40-,41+,42+,43+,44+,45+,46+,47-,48-,49-,50-,51-,52-,53-,54-,55-,56-,57-,58-/m1/s1. The molecule has 0 spiro atoms. The van der Waals surface area contributed by atoms with E-state index in [0.717, 1.165) is 0 Å². The van der Waals surface area contributed by atoms with Gasteiger partial charge < -0.3 is 142 Å². The van der Waals surface area contributed by atoms with Gasteiger partial charge in [-0.1, -0.05) is 0 Å². The molecule has 30 atom stereocenters. The van der Waals surface area contributed by atoms with Crippen molar-refractivity contribution >= 4 is 0 Å². The van der Waals surface area contributed by atoms with Gasteiger partial charge in [0.05, 0.1) is 52.2 Å². The highest BCUT2D eigenvalue weighted by atomic mass is 16.8. The summed E-state index contributed by atoms with van der Waals surface area (Å²) >= 11 is 0. The van der Waals surface area contributed by atoms with Crippen molar-refractivity contribution < 1.29 is 133 Å². The molecule has 0 radical (unpaired) electrons. The van der Waals surface area contributed by atoms with E-state index in [1.165, 1.54) is 71.1 Å². The monoisotopic (exact) mass is 1300 g/mol. The van der Waals surface area contributed by atoms with Crippen molar-refractivity contribution in [1.82, 2.24) is 19.1 Å². The molecule has 24 heterocycles. The first kappa shape index (κ1) is 71.6. The highest BCUT2D eigenvalue weighted by Gasteiger charge is 2.61. The molecule has 22 aliphatic rings. The summed E-state index contributed by atoms with van der Waals surface area (Å²) in [6.07, 6.45) is -19.6. The molecule has 32 heteroatoms. The third-order valence-corrected chi connectivity index (χ3v) is 17.8. The Labute approximate surface area is 525 Å². The summed E-state index contributed by atoms with van der Waals surface area (Å²) in [7, 11) is 24.5. The number of aromatic nitrogens is 4. The van der Waals surface area contributed by atoms with Crippen LogP contribution in [0.1, 0.15) is 0 Å². The van der Waals surface area contributed by atoms with Gasteiger partial charge in [0.1, 0.15) is 146 Å². The number of methoxy groups -OCH3 is 16. The van der Waals surface area contributed by atoms with Gasteiger partial charge >= 0.3 is 0 Å². The Morgan fingerprint density at radius 3 is 0.611 bits per heavy atom. The third-order valence-electron chi connectivity index (χ3n) is 17.8. The van der Waals surface area contributed by atoms with Crippen LogP contribution >= 0.6 is 0 Å². The molecule has 2 aromatic heterocycles. The number of hydrogen-bond donors (Lipinski definition) is 0. The maximum absolute atomic E-state index is 7.14. The number of hydrogen-bond acceptors (Lipinski definition) is 30. The molecule has 0 N–H and O–H groups in total. The van der Waals surface area contributed by atoms with Crippen LogP contribution in [-0.4, -0.2) is 344 Å². The van der Waals surface area contributed by atoms with Gasteiger partial charge in [0, 0.05) is 139 Å². The molecule has 32 nitrogen and oxygen atoms in total. The average Bonchev–Trinajstić information content (AvgIpc) is 0.961. The minimum atomic E-state index is -1.19. The van der Waals surface area contributed by atoms with E-state index in [1.807, 2.05) is 9.13 Å². The Morgan fingerprint density at radius 1 is 0.256 bits per heavy atom. The first-order valence-corrected chi connectivity index (χ1v) is 30.0. The van der Waals surface area contributed by atoms with Gasteiger partial charge in [0.25, 0.3) is 0 Å². The van der Waals surface area contributed by atoms with E-state index in [2.05, 4.69) is 9.97 Å². The van der Waals surface area contributed by atoms with Gasteiger partial charge in [-0.3, -0.25) is 0 Å². The molecule has 0 aliphatic carbocycles. The van der Waals surface area contributed by atoms with Gasteiger partial charge in [-0.15, -0.1) is 0 Å². The molecule has 22 saturated heterocycles. The van der Waals surface area contributed by atoms with Crippen molar-refractivity contribution in [3.63, 3.8) is 0 Å². The van der Waals surface area contributed by atoms with Gasteiger partial charge in [-0.25, -0.2) is 9.97 Å². The summed E-state index contributed by atoms with van der Waals surface area (Å²) in [4.78, 5) is 8.64. The van der Waals surface area contributed by atoms with E-state index in [9.17, 15) is 0 Å². The Balaban J connectivity index is 1.16. The molecule has 0 amide bonds. The molecular weight excluding hydrogens is 1200 g/mol. The first-order chi connectivity index (χ1) is 43.9. The summed E-state index contributed by atoms with van der Waals surface area (Å²) in [5.41, 5.74) is 0. The SMILES string of the molecule is COC[C@H]1O[C@@H]2O[C@H]3[C@H](OC)[C@@H](OC)[C@@H](O[C@H]4[C@H](OC)[C@@H](OC)[C@@H](O[C@H]5[C@H](OC)[C@@H](OC)[C@@H](O[C@H]6[C@H](OC)[C@@H](OC)[C@@H](O[C@H]7[C@H](OC)[C@@H](OC)[C@@H](O[C@H]1[C@H](OC)[C@H]2OC)O[C@@H]7COC)O[C@@H]6Cn1ccnc1)O[C@@H]5COC)O[C@@H]4COC)O[C@@H]3Cn1ccnc1. The molecule has 24 rings (SSSR count). The molecule has 0 unspecified atom stereocenters. The summed E-state index contributed by atoms with van der Waals surface area (Å²) in [6, 6.07) is 0. The maximum Gasteiger partial charge on any atom is 0.187 e. The highest BCUT2D eigenvalue weighted by Crippen LogP contribution is 2.42. The summed E-state index contributed by atoms with van der Waals surface area (Å²) in [5, 5.41) is 0. The topological polar surface area (TPSA) is 294 Å². The molecule has 12 bridgehead atoms. The second kappa shape index (κ2) is 34.3. The third kappa shape index (κ3) is 15.3. The second-order valence-corrected chi connectivity index (χ2v) is 22.6. The van der Waals surface area contributed by atoms with E-state index in [1.54, 1.807) is 80.1 Å². The fourth-order valence-corrected chi connectivity index (χ4v) is 13.6. The van der Waals surface area contributed by atoms with Crippen LogP contribution in [-0.2, 0) is 146 Å². The van der Waals surface area contributed by atoms with Crippen molar-refractivity contribution in [2.75, 3.05) is 140 Å². The molecule has 90 heavy (non-hydrogen) atoms. The largest absolute Gasteiger partial charge is 0.382 e. The smallest absolute Gasteiger partial charge is 0.187 e.